The summed E-state index contributed by atoms with van der Waals surface area (Å²) in [5.41, 5.74) is 6.65. The average Bonchev–Trinajstić information content (AvgIpc) is 2.00. The molecule has 3 heteroatoms. The first kappa shape index (κ1) is 9.22. The van der Waals surface area contributed by atoms with Gasteiger partial charge in [-0.25, -0.2) is 0 Å². The lowest BCUT2D eigenvalue weighted by molar-refractivity contribution is 0.522. The van der Waals surface area contributed by atoms with Crippen LogP contribution >= 0.6 is 23.4 Å². The number of anilines is 1. The highest BCUT2D eigenvalue weighted by atomic mass is 35.5. The van der Waals surface area contributed by atoms with Gasteiger partial charge in [-0.15, -0.1) is 11.8 Å². The first-order chi connectivity index (χ1) is 6.27. The number of halogens is 1. The van der Waals surface area contributed by atoms with Gasteiger partial charge in [0.25, 0.3) is 0 Å². The van der Waals surface area contributed by atoms with E-state index in [-0.39, 0.29) is 0 Å². The summed E-state index contributed by atoms with van der Waals surface area (Å²) in [5.74, 6) is 0. The van der Waals surface area contributed by atoms with Crippen molar-refractivity contribution in [1.82, 2.24) is 0 Å². The van der Waals surface area contributed by atoms with Crippen molar-refractivity contribution in [2.24, 2.45) is 0 Å². The average molecular weight is 214 g/mol. The summed E-state index contributed by atoms with van der Waals surface area (Å²) in [6.07, 6.45) is 3.95. The van der Waals surface area contributed by atoms with Gasteiger partial charge in [0.2, 0.25) is 0 Å². The Balaban J connectivity index is 2.17. The number of nitrogens with two attached hydrogens (primary N) is 1. The molecule has 1 aromatic carbocycles. The van der Waals surface area contributed by atoms with Crippen molar-refractivity contribution in [3.63, 3.8) is 0 Å². The van der Waals surface area contributed by atoms with E-state index in [4.69, 9.17) is 17.3 Å². The molecule has 1 fully saturated rings. The molecule has 0 aromatic heterocycles. The van der Waals surface area contributed by atoms with Gasteiger partial charge < -0.3 is 5.73 Å². The molecule has 0 aliphatic heterocycles. The van der Waals surface area contributed by atoms with E-state index in [9.17, 15) is 0 Å². The standard InChI is InChI=1S/C10H12ClNS/c11-8-5-2-6-9(12)10(8)13-7-3-1-4-7/h2,5-7H,1,3-4,12H2. The third-order valence-corrected chi connectivity index (χ3v) is 4.26. The van der Waals surface area contributed by atoms with Gasteiger partial charge in [0.15, 0.2) is 0 Å². The lowest BCUT2D eigenvalue weighted by atomic mass is 10.0. The van der Waals surface area contributed by atoms with E-state index < -0.39 is 0 Å². The van der Waals surface area contributed by atoms with Crippen LogP contribution in [0.15, 0.2) is 23.1 Å². The van der Waals surface area contributed by atoms with Crippen LogP contribution < -0.4 is 5.73 Å². The topological polar surface area (TPSA) is 26.0 Å². The third kappa shape index (κ3) is 1.94. The van der Waals surface area contributed by atoms with Crippen LogP contribution in [0, 0.1) is 0 Å². The molecular weight excluding hydrogens is 202 g/mol. The maximum atomic E-state index is 6.05. The van der Waals surface area contributed by atoms with E-state index >= 15 is 0 Å². The molecule has 0 radical (unpaired) electrons. The highest BCUT2D eigenvalue weighted by molar-refractivity contribution is 8.00. The van der Waals surface area contributed by atoms with Gasteiger partial charge in [-0.05, 0) is 25.0 Å². The Morgan fingerprint density at radius 2 is 2.15 bits per heavy atom. The number of rotatable bonds is 2. The number of hydrogen-bond donors (Lipinski definition) is 1. The first-order valence-corrected chi connectivity index (χ1v) is 5.74. The van der Waals surface area contributed by atoms with Crippen molar-refractivity contribution in [3.05, 3.63) is 23.2 Å². The Kier molecular flexibility index (Phi) is 2.70. The number of benzene rings is 1. The fraction of sp³-hybridized carbons (Fsp3) is 0.400. The van der Waals surface area contributed by atoms with Gasteiger partial charge >= 0.3 is 0 Å². The van der Waals surface area contributed by atoms with E-state index in [1.54, 1.807) is 0 Å². The van der Waals surface area contributed by atoms with Crippen molar-refractivity contribution in [2.45, 2.75) is 29.4 Å². The normalized spacial score (nSPS) is 17.0. The Labute approximate surface area is 87.7 Å². The number of nitrogen functional groups attached to an aromatic ring is 1. The molecule has 0 unspecified atom stereocenters. The molecule has 1 aromatic rings. The fourth-order valence-electron chi connectivity index (χ4n) is 1.31. The molecule has 0 amide bonds. The van der Waals surface area contributed by atoms with Crippen molar-refractivity contribution >= 4 is 29.1 Å². The highest BCUT2D eigenvalue weighted by Gasteiger charge is 2.20. The van der Waals surface area contributed by atoms with Crippen molar-refractivity contribution in [2.75, 3.05) is 5.73 Å². The summed E-state index contributed by atoms with van der Waals surface area (Å²) < 4.78 is 0. The van der Waals surface area contributed by atoms with E-state index in [1.807, 2.05) is 30.0 Å². The molecule has 1 saturated carbocycles. The number of hydrogen-bond acceptors (Lipinski definition) is 2. The Morgan fingerprint density at radius 1 is 1.38 bits per heavy atom. The van der Waals surface area contributed by atoms with Crippen LogP contribution in [0.25, 0.3) is 0 Å². The van der Waals surface area contributed by atoms with E-state index in [1.165, 1.54) is 19.3 Å². The summed E-state index contributed by atoms with van der Waals surface area (Å²) >= 11 is 7.88. The van der Waals surface area contributed by atoms with Crippen LogP contribution in [0.1, 0.15) is 19.3 Å². The van der Waals surface area contributed by atoms with Gasteiger partial charge in [0, 0.05) is 15.8 Å². The Hall–Kier alpha value is -0.340. The van der Waals surface area contributed by atoms with Crippen LogP contribution in [0.3, 0.4) is 0 Å². The third-order valence-electron chi connectivity index (χ3n) is 2.33. The molecule has 0 saturated heterocycles. The zero-order valence-electron chi connectivity index (χ0n) is 7.29. The maximum absolute atomic E-state index is 6.05. The molecule has 1 aliphatic rings. The molecule has 2 rings (SSSR count). The minimum Gasteiger partial charge on any atom is -0.398 e. The maximum Gasteiger partial charge on any atom is 0.0562 e. The van der Waals surface area contributed by atoms with Gasteiger partial charge in [0.05, 0.1) is 5.02 Å². The van der Waals surface area contributed by atoms with Crippen LogP contribution in [0.4, 0.5) is 5.69 Å². The Morgan fingerprint density at radius 3 is 2.69 bits per heavy atom. The van der Waals surface area contributed by atoms with Gasteiger partial charge in [0.1, 0.15) is 0 Å². The zero-order chi connectivity index (χ0) is 9.26. The SMILES string of the molecule is Nc1cccc(Cl)c1SC1CCC1. The van der Waals surface area contributed by atoms with E-state index in [0.717, 1.165) is 20.9 Å². The van der Waals surface area contributed by atoms with Crippen molar-refractivity contribution < 1.29 is 0 Å². The highest BCUT2D eigenvalue weighted by Crippen LogP contribution is 2.41. The van der Waals surface area contributed by atoms with Gasteiger partial charge in [-0.3, -0.25) is 0 Å². The smallest absolute Gasteiger partial charge is 0.0562 e. The summed E-state index contributed by atoms with van der Waals surface area (Å²) in [7, 11) is 0. The second-order valence-electron chi connectivity index (χ2n) is 3.33. The summed E-state index contributed by atoms with van der Waals surface area (Å²) in [6.45, 7) is 0. The summed E-state index contributed by atoms with van der Waals surface area (Å²) in [6, 6.07) is 5.70. The molecule has 0 atom stereocenters. The predicted molar refractivity (Wildman–Crippen MR) is 59.4 cm³/mol. The molecule has 0 spiro atoms. The van der Waals surface area contributed by atoms with Crippen molar-refractivity contribution in [3.8, 4) is 0 Å². The fourth-order valence-corrected chi connectivity index (χ4v) is 2.91. The van der Waals surface area contributed by atoms with Crippen LogP contribution in [-0.4, -0.2) is 5.25 Å². The molecular formula is C10H12ClNS. The van der Waals surface area contributed by atoms with E-state index in [0.29, 0.717) is 0 Å². The monoisotopic (exact) mass is 213 g/mol. The summed E-state index contributed by atoms with van der Waals surface area (Å²) in [4.78, 5) is 1.06. The van der Waals surface area contributed by atoms with Crippen LogP contribution in [0.5, 0.6) is 0 Å². The molecule has 0 heterocycles. The van der Waals surface area contributed by atoms with E-state index in [2.05, 4.69) is 0 Å². The van der Waals surface area contributed by atoms with Gasteiger partial charge in [-0.2, -0.15) is 0 Å². The quantitative estimate of drug-likeness (QED) is 0.761. The lowest BCUT2D eigenvalue weighted by Gasteiger charge is -2.25. The zero-order valence-corrected chi connectivity index (χ0v) is 8.87. The van der Waals surface area contributed by atoms with Gasteiger partial charge in [-0.1, -0.05) is 24.1 Å². The molecule has 2 N–H and O–H groups in total. The second-order valence-corrected chi connectivity index (χ2v) is 5.05. The molecule has 70 valence electrons. The minimum absolute atomic E-state index is 0.738. The first-order valence-electron chi connectivity index (χ1n) is 4.48. The van der Waals surface area contributed by atoms with Crippen LogP contribution in [0.2, 0.25) is 5.02 Å². The molecule has 1 nitrogen and oxygen atoms in total. The summed E-state index contributed by atoms with van der Waals surface area (Å²) in [5, 5.41) is 1.53. The predicted octanol–water partition coefficient (Wildman–Crippen LogP) is 3.57. The Bertz CT molecular complexity index is 290. The second kappa shape index (κ2) is 3.81. The molecule has 1 aliphatic carbocycles. The molecule has 0 bridgehead atoms. The minimum atomic E-state index is 0.738. The van der Waals surface area contributed by atoms with Crippen molar-refractivity contribution in [1.29, 1.82) is 0 Å². The van der Waals surface area contributed by atoms with Crippen LogP contribution in [-0.2, 0) is 0 Å². The lowest BCUT2D eigenvalue weighted by Crippen LogP contribution is -2.13. The largest absolute Gasteiger partial charge is 0.398 e. The molecule has 13 heavy (non-hydrogen) atoms. The number of thioether (sulfide) groups is 1.